The van der Waals surface area contributed by atoms with Crippen LogP contribution in [0, 0.1) is 5.92 Å². The summed E-state index contributed by atoms with van der Waals surface area (Å²) >= 11 is 3.65. The van der Waals surface area contributed by atoms with Gasteiger partial charge in [-0.2, -0.15) is 0 Å². The molecule has 112 valence electrons. The first-order chi connectivity index (χ1) is 9.61. The Morgan fingerprint density at radius 1 is 1.40 bits per heavy atom. The van der Waals surface area contributed by atoms with E-state index in [4.69, 9.17) is 9.72 Å². The molecule has 0 radical (unpaired) electrons. The number of hydrogen-bond acceptors (Lipinski definition) is 4. The van der Waals surface area contributed by atoms with Gasteiger partial charge in [-0.25, -0.2) is 9.97 Å². The molecular weight excluding hydrogens is 318 g/mol. The van der Waals surface area contributed by atoms with Crippen LogP contribution in [0.2, 0.25) is 0 Å². The molecule has 1 aliphatic heterocycles. The molecule has 1 aromatic rings. The zero-order chi connectivity index (χ0) is 14.5. The van der Waals surface area contributed by atoms with Gasteiger partial charge in [-0.15, -0.1) is 0 Å². The molecule has 0 aliphatic carbocycles. The smallest absolute Gasteiger partial charge is 0.159 e. The Hall–Kier alpha value is -0.680. The SMILES string of the molecule is CCCNc1nc(C2CCCO2)nc(CC(C)C)c1Br. The van der Waals surface area contributed by atoms with Crippen molar-refractivity contribution < 1.29 is 4.74 Å². The van der Waals surface area contributed by atoms with Crippen LogP contribution < -0.4 is 5.32 Å². The zero-order valence-corrected chi connectivity index (χ0v) is 14.2. The summed E-state index contributed by atoms with van der Waals surface area (Å²) < 4.78 is 6.73. The molecule has 1 N–H and O–H groups in total. The van der Waals surface area contributed by atoms with Crippen LogP contribution in [0.1, 0.15) is 57.7 Å². The fourth-order valence-electron chi connectivity index (χ4n) is 2.32. The first-order valence-corrected chi connectivity index (χ1v) is 8.32. The number of nitrogens with zero attached hydrogens (tertiary/aromatic N) is 2. The van der Waals surface area contributed by atoms with Gasteiger partial charge < -0.3 is 10.1 Å². The van der Waals surface area contributed by atoms with Crippen LogP contribution in [0.15, 0.2) is 4.47 Å². The van der Waals surface area contributed by atoms with Gasteiger partial charge in [0, 0.05) is 13.2 Å². The Bertz CT molecular complexity index is 445. The molecule has 1 unspecified atom stereocenters. The van der Waals surface area contributed by atoms with Crippen LogP contribution in [0.4, 0.5) is 5.82 Å². The number of anilines is 1. The number of halogens is 1. The molecule has 1 aromatic heterocycles. The van der Waals surface area contributed by atoms with Gasteiger partial charge in [-0.05, 0) is 47.5 Å². The number of rotatable bonds is 6. The molecule has 2 heterocycles. The average Bonchev–Trinajstić information content (AvgIpc) is 2.93. The second-order valence-electron chi connectivity index (χ2n) is 5.72. The minimum absolute atomic E-state index is 0.0659. The van der Waals surface area contributed by atoms with Gasteiger partial charge in [0.25, 0.3) is 0 Å². The molecule has 0 spiro atoms. The Morgan fingerprint density at radius 3 is 2.80 bits per heavy atom. The lowest BCUT2D eigenvalue weighted by molar-refractivity contribution is 0.105. The molecule has 20 heavy (non-hydrogen) atoms. The molecule has 4 nitrogen and oxygen atoms in total. The Labute approximate surface area is 129 Å². The summed E-state index contributed by atoms with van der Waals surface area (Å²) in [6, 6.07) is 0. The summed E-state index contributed by atoms with van der Waals surface area (Å²) in [4.78, 5) is 9.41. The fraction of sp³-hybridized carbons (Fsp3) is 0.733. The van der Waals surface area contributed by atoms with Crippen molar-refractivity contribution >= 4 is 21.7 Å². The predicted octanol–water partition coefficient (Wildman–Crippen LogP) is 4.11. The van der Waals surface area contributed by atoms with Crippen molar-refractivity contribution in [2.75, 3.05) is 18.5 Å². The molecular formula is C15H24BrN3O. The van der Waals surface area contributed by atoms with Crippen LogP contribution in [0.25, 0.3) is 0 Å². The van der Waals surface area contributed by atoms with E-state index >= 15 is 0 Å². The van der Waals surface area contributed by atoms with E-state index in [2.05, 4.69) is 47.0 Å². The lowest BCUT2D eigenvalue weighted by Crippen LogP contribution is -2.12. The molecule has 1 aliphatic rings. The molecule has 1 atom stereocenters. The monoisotopic (exact) mass is 341 g/mol. The van der Waals surface area contributed by atoms with E-state index in [-0.39, 0.29) is 6.10 Å². The van der Waals surface area contributed by atoms with Crippen molar-refractivity contribution in [2.45, 2.75) is 52.6 Å². The van der Waals surface area contributed by atoms with Crippen LogP contribution in [0.3, 0.4) is 0 Å². The highest BCUT2D eigenvalue weighted by atomic mass is 79.9. The standard InChI is InChI=1S/C15H24BrN3O/c1-4-7-17-15-13(16)11(9-10(2)3)18-14(19-15)12-6-5-8-20-12/h10,12H,4-9H2,1-3H3,(H,17,18,19). The highest BCUT2D eigenvalue weighted by Crippen LogP contribution is 2.31. The van der Waals surface area contributed by atoms with E-state index in [1.165, 1.54) is 0 Å². The molecule has 0 amide bonds. The quantitative estimate of drug-likeness (QED) is 0.845. The maximum Gasteiger partial charge on any atom is 0.159 e. The van der Waals surface area contributed by atoms with Gasteiger partial charge in [-0.1, -0.05) is 20.8 Å². The summed E-state index contributed by atoms with van der Waals surface area (Å²) in [5.74, 6) is 2.31. The third kappa shape index (κ3) is 3.92. The molecule has 0 aromatic carbocycles. The normalized spacial score (nSPS) is 18.8. The van der Waals surface area contributed by atoms with Gasteiger partial charge in [0.05, 0.1) is 10.2 Å². The molecule has 2 rings (SSSR count). The second kappa shape index (κ2) is 7.36. The Kier molecular flexibility index (Phi) is 5.78. The van der Waals surface area contributed by atoms with Crippen molar-refractivity contribution in [3.8, 4) is 0 Å². The van der Waals surface area contributed by atoms with Crippen molar-refractivity contribution in [1.29, 1.82) is 0 Å². The largest absolute Gasteiger partial charge is 0.370 e. The van der Waals surface area contributed by atoms with Gasteiger partial charge >= 0.3 is 0 Å². The van der Waals surface area contributed by atoms with E-state index in [0.29, 0.717) is 5.92 Å². The number of hydrogen-bond donors (Lipinski definition) is 1. The zero-order valence-electron chi connectivity index (χ0n) is 12.6. The summed E-state index contributed by atoms with van der Waals surface area (Å²) in [6.07, 6.45) is 4.21. The summed E-state index contributed by atoms with van der Waals surface area (Å²) in [5.41, 5.74) is 1.08. The van der Waals surface area contributed by atoms with Crippen molar-refractivity contribution in [3.05, 3.63) is 16.0 Å². The maximum atomic E-state index is 5.73. The average molecular weight is 342 g/mol. The minimum Gasteiger partial charge on any atom is -0.370 e. The van der Waals surface area contributed by atoms with Crippen LogP contribution in [0.5, 0.6) is 0 Å². The molecule has 0 saturated carbocycles. The van der Waals surface area contributed by atoms with E-state index in [9.17, 15) is 0 Å². The van der Waals surface area contributed by atoms with Gasteiger partial charge in [-0.3, -0.25) is 0 Å². The molecule has 1 fully saturated rings. The Morgan fingerprint density at radius 2 is 2.20 bits per heavy atom. The van der Waals surface area contributed by atoms with E-state index in [1.54, 1.807) is 0 Å². The first-order valence-electron chi connectivity index (χ1n) is 7.53. The predicted molar refractivity (Wildman–Crippen MR) is 85.0 cm³/mol. The topological polar surface area (TPSA) is 47.0 Å². The first kappa shape index (κ1) is 15.7. The second-order valence-corrected chi connectivity index (χ2v) is 6.51. The number of nitrogens with one attached hydrogen (secondary N) is 1. The minimum atomic E-state index is 0.0659. The van der Waals surface area contributed by atoms with Gasteiger partial charge in [0.2, 0.25) is 0 Å². The lowest BCUT2D eigenvalue weighted by atomic mass is 10.1. The van der Waals surface area contributed by atoms with E-state index in [1.807, 2.05) is 0 Å². The third-order valence-electron chi connectivity index (χ3n) is 3.30. The number of ether oxygens (including phenoxy) is 1. The maximum absolute atomic E-state index is 5.73. The highest BCUT2D eigenvalue weighted by Gasteiger charge is 2.23. The van der Waals surface area contributed by atoms with Crippen LogP contribution in [-0.4, -0.2) is 23.1 Å². The van der Waals surface area contributed by atoms with Gasteiger partial charge in [0.1, 0.15) is 11.9 Å². The highest BCUT2D eigenvalue weighted by molar-refractivity contribution is 9.10. The molecule has 1 saturated heterocycles. The number of aromatic nitrogens is 2. The molecule has 5 heteroatoms. The lowest BCUT2D eigenvalue weighted by Gasteiger charge is -2.16. The summed E-state index contributed by atoms with van der Waals surface area (Å²) in [6.45, 7) is 8.31. The summed E-state index contributed by atoms with van der Waals surface area (Å²) in [7, 11) is 0. The fourth-order valence-corrected chi connectivity index (χ4v) is 2.80. The van der Waals surface area contributed by atoms with E-state index in [0.717, 1.165) is 60.6 Å². The van der Waals surface area contributed by atoms with Crippen molar-refractivity contribution in [2.24, 2.45) is 5.92 Å². The van der Waals surface area contributed by atoms with Crippen LogP contribution >= 0.6 is 15.9 Å². The van der Waals surface area contributed by atoms with Crippen LogP contribution in [-0.2, 0) is 11.2 Å². The van der Waals surface area contributed by atoms with Gasteiger partial charge in [0.15, 0.2) is 5.82 Å². The van der Waals surface area contributed by atoms with E-state index < -0.39 is 0 Å². The van der Waals surface area contributed by atoms with Crippen molar-refractivity contribution in [3.63, 3.8) is 0 Å². The molecule has 0 bridgehead atoms. The summed E-state index contributed by atoms with van der Waals surface area (Å²) in [5, 5.41) is 3.39. The van der Waals surface area contributed by atoms with Crippen molar-refractivity contribution in [1.82, 2.24) is 9.97 Å². The third-order valence-corrected chi connectivity index (χ3v) is 4.13. The Balaban J connectivity index is 2.30.